The average molecular weight is 299 g/mol. The molecular weight excluding hydrogens is 287 g/mol. The van der Waals surface area contributed by atoms with Crippen LogP contribution in [0.1, 0.15) is 12.5 Å². The largest absolute Gasteiger partial charge is 0.328 e. The third kappa shape index (κ3) is 2.49. The number of aryl methyl sites for hydroxylation is 1. The predicted octanol–water partition coefficient (Wildman–Crippen LogP) is 2.62. The second-order valence-corrected chi connectivity index (χ2v) is 4.65. The Morgan fingerprint density at radius 3 is 2.65 bits per heavy atom. The maximum absolute atomic E-state index is 13.5. The molecule has 0 atom stereocenters. The molecule has 3 nitrogen and oxygen atoms in total. The lowest BCUT2D eigenvalue weighted by molar-refractivity contribution is 0.590. The Kier molecular flexibility index (Phi) is 3.47. The minimum absolute atomic E-state index is 0.119. The van der Waals surface area contributed by atoms with Crippen LogP contribution in [-0.4, -0.2) is 9.13 Å². The Morgan fingerprint density at radius 1 is 1.29 bits per heavy atom. The van der Waals surface area contributed by atoms with Crippen LogP contribution in [0.2, 0.25) is 0 Å². The fourth-order valence-corrected chi connectivity index (χ4v) is 2.07. The number of imidazole rings is 1. The Hall–Kier alpha value is -1.36. The monoisotopic (exact) mass is 298 g/mol. The second-order valence-electron chi connectivity index (χ2n) is 3.73. The fraction of sp³-hybridized carbons (Fsp3) is 0.250. The first-order chi connectivity index (χ1) is 8.11. The smallest absolute Gasteiger partial charge is 0.300 e. The summed E-state index contributed by atoms with van der Waals surface area (Å²) in [6.45, 7) is 2.76. The summed E-state index contributed by atoms with van der Waals surface area (Å²) in [6.07, 6.45) is 3.38. The van der Waals surface area contributed by atoms with Crippen molar-refractivity contribution in [1.29, 1.82) is 0 Å². The van der Waals surface area contributed by atoms with E-state index in [-0.39, 0.29) is 18.1 Å². The molecule has 2 aromatic rings. The maximum atomic E-state index is 13.5. The first-order valence-corrected chi connectivity index (χ1v) is 6.10. The van der Waals surface area contributed by atoms with Crippen molar-refractivity contribution in [3.8, 4) is 0 Å². The molecule has 0 aliphatic rings. The average Bonchev–Trinajstić information content (AvgIpc) is 2.65. The van der Waals surface area contributed by atoms with Crippen LogP contribution in [-0.2, 0) is 13.1 Å². The van der Waals surface area contributed by atoms with Gasteiger partial charge in [0.15, 0.2) is 0 Å². The van der Waals surface area contributed by atoms with Gasteiger partial charge in [-0.05, 0) is 25.1 Å². The van der Waals surface area contributed by atoms with E-state index in [0.29, 0.717) is 12.1 Å². The summed E-state index contributed by atoms with van der Waals surface area (Å²) in [5.74, 6) is -0.302. The third-order valence-electron chi connectivity index (χ3n) is 2.61. The molecular formula is C12H12BrFN2O. The van der Waals surface area contributed by atoms with E-state index in [0.717, 1.165) is 4.47 Å². The minimum Gasteiger partial charge on any atom is -0.300 e. The van der Waals surface area contributed by atoms with E-state index in [1.54, 1.807) is 29.1 Å². The molecule has 1 aromatic carbocycles. The molecule has 0 aliphatic heterocycles. The van der Waals surface area contributed by atoms with Gasteiger partial charge in [0, 0.05) is 29.0 Å². The van der Waals surface area contributed by atoms with Crippen molar-refractivity contribution < 1.29 is 4.39 Å². The van der Waals surface area contributed by atoms with E-state index in [9.17, 15) is 9.18 Å². The van der Waals surface area contributed by atoms with Gasteiger partial charge < -0.3 is 0 Å². The van der Waals surface area contributed by atoms with Gasteiger partial charge in [-0.3, -0.25) is 9.13 Å². The van der Waals surface area contributed by atoms with E-state index in [4.69, 9.17) is 0 Å². The van der Waals surface area contributed by atoms with E-state index >= 15 is 0 Å². The second kappa shape index (κ2) is 4.87. The van der Waals surface area contributed by atoms with Gasteiger partial charge >= 0.3 is 5.69 Å². The number of hydrogen-bond acceptors (Lipinski definition) is 1. The van der Waals surface area contributed by atoms with Crippen LogP contribution in [0, 0.1) is 5.82 Å². The highest BCUT2D eigenvalue weighted by Crippen LogP contribution is 2.16. The van der Waals surface area contributed by atoms with Crippen LogP contribution in [0.3, 0.4) is 0 Å². The van der Waals surface area contributed by atoms with Crippen molar-refractivity contribution in [1.82, 2.24) is 9.13 Å². The number of halogens is 2. The predicted molar refractivity (Wildman–Crippen MR) is 67.6 cm³/mol. The van der Waals surface area contributed by atoms with Crippen molar-refractivity contribution in [3.05, 3.63) is 56.9 Å². The minimum atomic E-state index is -0.302. The number of hydrogen-bond donors (Lipinski definition) is 0. The number of benzene rings is 1. The Balaban J connectivity index is 2.34. The Bertz CT molecular complexity index is 588. The molecule has 2 rings (SSSR count). The molecule has 0 bridgehead atoms. The molecule has 0 spiro atoms. The van der Waals surface area contributed by atoms with Crippen molar-refractivity contribution in [3.63, 3.8) is 0 Å². The first kappa shape index (κ1) is 12.1. The maximum Gasteiger partial charge on any atom is 0.328 e. The van der Waals surface area contributed by atoms with Crippen LogP contribution in [0.25, 0.3) is 0 Å². The normalized spacial score (nSPS) is 10.8. The highest BCUT2D eigenvalue weighted by molar-refractivity contribution is 9.10. The van der Waals surface area contributed by atoms with Gasteiger partial charge in [-0.1, -0.05) is 15.9 Å². The van der Waals surface area contributed by atoms with Gasteiger partial charge in [0.1, 0.15) is 5.82 Å². The summed E-state index contributed by atoms with van der Waals surface area (Å²) in [5.41, 5.74) is 0.377. The molecule has 1 aromatic heterocycles. The molecule has 0 unspecified atom stereocenters. The summed E-state index contributed by atoms with van der Waals surface area (Å²) < 4.78 is 17.4. The van der Waals surface area contributed by atoms with Gasteiger partial charge in [-0.15, -0.1) is 0 Å². The van der Waals surface area contributed by atoms with Gasteiger partial charge in [0.2, 0.25) is 0 Å². The zero-order chi connectivity index (χ0) is 12.4. The van der Waals surface area contributed by atoms with Gasteiger partial charge in [0.25, 0.3) is 0 Å². The molecule has 1 heterocycles. The fourth-order valence-electron chi connectivity index (χ4n) is 1.66. The lowest BCUT2D eigenvalue weighted by Crippen LogP contribution is -2.24. The molecule has 90 valence electrons. The summed E-state index contributed by atoms with van der Waals surface area (Å²) in [6, 6.07) is 4.71. The third-order valence-corrected chi connectivity index (χ3v) is 3.10. The summed E-state index contributed by atoms with van der Waals surface area (Å²) in [5, 5.41) is 0. The zero-order valence-corrected chi connectivity index (χ0v) is 10.9. The van der Waals surface area contributed by atoms with Crippen LogP contribution < -0.4 is 5.69 Å². The van der Waals surface area contributed by atoms with Crippen LogP contribution in [0.4, 0.5) is 4.39 Å². The van der Waals surface area contributed by atoms with Crippen molar-refractivity contribution >= 4 is 15.9 Å². The molecule has 0 N–H and O–H groups in total. The van der Waals surface area contributed by atoms with Gasteiger partial charge in [-0.2, -0.15) is 0 Å². The topological polar surface area (TPSA) is 26.9 Å². The Morgan fingerprint density at radius 2 is 2.00 bits per heavy atom. The van der Waals surface area contributed by atoms with Gasteiger partial charge in [-0.25, -0.2) is 9.18 Å². The number of rotatable bonds is 3. The molecule has 0 saturated heterocycles. The van der Waals surface area contributed by atoms with Crippen LogP contribution in [0.5, 0.6) is 0 Å². The van der Waals surface area contributed by atoms with Crippen LogP contribution >= 0.6 is 15.9 Å². The van der Waals surface area contributed by atoms with E-state index in [2.05, 4.69) is 15.9 Å². The highest BCUT2D eigenvalue weighted by atomic mass is 79.9. The van der Waals surface area contributed by atoms with Crippen molar-refractivity contribution in [2.45, 2.75) is 20.0 Å². The van der Waals surface area contributed by atoms with E-state index in [1.165, 1.54) is 10.6 Å². The summed E-state index contributed by atoms with van der Waals surface area (Å²) in [4.78, 5) is 11.8. The first-order valence-electron chi connectivity index (χ1n) is 5.31. The van der Waals surface area contributed by atoms with Crippen molar-refractivity contribution in [2.75, 3.05) is 0 Å². The molecule has 0 amide bonds. The quantitative estimate of drug-likeness (QED) is 0.856. The molecule has 5 heteroatoms. The molecule has 0 aliphatic carbocycles. The zero-order valence-electron chi connectivity index (χ0n) is 9.36. The highest BCUT2D eigenvalue weighted by Gasteiger charge is 2.07. The number of nitrogens with zero attached hydrogens (tertiary/aromatic N) is 2. The molecule has 0 fully saturated rings. The molecule has 0 radical (unpaired) electrons. The molecule has 0 saturated carbocycles. The van der Waals surface area contributed by atoms with E-state index < -0.39 is 0 Å². The molecule has 17 heavy (non-hydrogen) atoms. The Labute approximate surface area is 107 Å². The van der Waals surface area contributed by atoms with Crippen LogP contribution in [0.15, 0.2) is 39.9 Å². The van der Waals surface area contributed by atoms with E-state index in [1.807, 2.05) is 6.92 Å². The lowest BCUT2D eigenvalue weighted by Gasteiger charge is -2.04. The van der Waals surface area contributed by atoms with Gasteiger partial charge in [0.05, 0.1) is 6.54 Å². The summed E-state index contributed by atoms with van der Waals surface area (Å²) in [7, 11) is 0. The van der Waals surface area contributed by atoms with Crippen molar-refractivity contribution in [2.24, 2.45) is 0 Å². The summed E-state index contributed by atoms with van der Waals surface area (Å²) >= 11 is 3.29. The lowest BCUT2D eigenvalue weighted by atomic mass is 10.2. The SMILES string of the molecule is CCn1ccn(Cc2cc(Br)ccc2F)c1=O. The standard InChI is InChI=1S/C12H12BrFN2O/c1-2-15-5-6-16(12(15)17)8-9-7-10(13)3-4-11(9)14/h3-7H,2,8H2,1H3. The number of aromatic nitrogens is 2.